The van der Waals surface area contributed by atoms with Crippen molar-refractivity contribution in [1.82, 2.24) is 9.55 Å². The van der Waals surface area contributed by atoms with Gasteiger partial charge in [0.05, 0.1) is 0 Å². The Bertz CT molecular complexity index is 518. The van der Waals surface area contributed by atoms with Gasteiger partial charge < -0.3 is 14.8 Å². The van der Waals surface area contributed by atoms with Crippen molar-refractivity contribution in [1.29, 1.82) is 0 Å². The number of nitrogens with zero attached hydrogens (tertiary/aromatic N) is 3. The van der Waals surface area contributed by atoms with Crippen molar-refractivity contribution in [2.75, 3.05) is 30.4 Å². The first-order valence-corrected chi connectivity index (χ1v) is 6.93. The summed E-state index contributed by atoms with van der Waals surface area (Å²) in [5.74, 6) is 0.910. The predicted molar refractivity (Wildman–Crippen MR) is 85.2 cm³/mol. The molecule has 0 saturated carbocycles. The van der Waals surface area contributed by atoms with Crippen LogP contribution in [0.15, 0.2) is 55.4 Å². The number of hydrogen-bond acceptors (Lipinski definition) is 3. The highest BCUT2D eigenvalue weighted by atomic mass is 15.2. The maximum atomic E-state index is 4.30. The van der Waals surface area contributed by atoms with E-state index in [1.54, 1.807) is 0 Å². The number of para-hydroxylation sites is 1. The minimum atomic E-state index is 0.737. The molecule has 1 heterocycles. The van der Waals surface area contributed by atoms with Gasteiger partial charge in [-0.1, -0.05) is 24.3 Å². The lowest BCUT2D eigenvalue weighted by Gasteiger charge is -2.19. The van der Waals surface area contributed by atoms with Gasteiger partial charge in [-0.2, -0.15) is 0 Å². The summed E-state index contributed by atoms with van der Waals surface area (Å²) in [5.41, 5.74) is 1.25. The molecule has 0 amide bonds. The molecule has 0 saturated heterocycles. The van der Waals surface area contributed by atoms with Crippen LogP contribution in [-0.2, 0) is 6.54 Å². The number of imidazole rings is 1. The summed E-state index contributed by atoms with van der Waals surface area (Å²) in [6, 6.07) is 10.4. The van der Waals surface area contributed by atoms with Gasteiger partial charge in [-0.15, -0.1) is 6.58 Å². The third kappa shape index (κ3) is 3.88. The number of anilines is 2. The highest BCUT2D eigenvalue weighted by molar-refractivity contribution is 5.44. The molecule has 0 aliphatic rings. The van der Waals surface area contributed by atoms with Crippen LogP contribution in [0.5, 0.6) is 0 Å². The molecule has 1 aromatic carbocycles. The molecule has 0 aliphatic heterocycles. The van der Waals surface area contributed by atoms with Gasteiger partial charge in [0.2, 0.25) is 5.95 Å². The third-order valence-electron chi connectivity index (χ3n) is 3.21. The first-order valence-electron chi connectivity index (χ1n) is 6.93. The molecule has 106 valence electrons. The third-order valence-corrected chi connectivity index (χ3v) is 3.21. The van der Waals surface area contributed by atoms with Crippen molar-refractivity contribution < 1.29 is 0 Å². The number of nitrogens with one attached hydrogen (secondary N) is 1. The van der Waals surface area contributed by atoms with Crippen LogP contribution >= 0.6 is 0 Å². The molecule has 0 radical (unpaired) electrons. The van der Waals surface area contributed by atoms with E-state index in [2.05, 4.69) is 57.7 Å². The van der Waals surface area contributed by atoms with Crippen LogP contribution in [0.1, 0.15) is 6.42 Å². The van der Waals surface area contributed by atoms with Crippen molar-refractivity contribution in [2.24, 2.45) is 0 Å². The van der Waals surface area contributed by atoms with Crippen molar-refractivity contribution in [3.8, 4) is 0 Å². The summed E-state index contributed by atoms with van der Waals surface area (Å²) in [6.07, 6.45) is 6.74. The maximum Gasteiger partial charge on any atom is 0.203 e. The van der Waals surface area contributed by atoms with Crippen LogP contribution in [0.25, 0.3) is 0 Å². The van der Waals surface area contributed by atoms with Crippen LogP contribution < -0.4 is 10.2 Å². The number of hydrogen-bond donors (Lipinski definition) is 1. The lowest BCUT2D eigenvalue weighted by Crippen LogP contribution is -2.20. The minimum absolute atomic E-state index is 0.737. The fraction of sp³-hybridized carbons (Fsp3) is 0.312. The Labute approximate surface area is 120 Å². The Morgan fingerprint density at radius 1 is 1.35 bits per heavy atom. The quantitative estimate of drug-likeness (QED) is 0.749. The summed E-state index contributed by atoms with van der Waals surface area (Å²) >= 11 is 0. The molecule has 4 heteroatoms. The van der Waals surface area contributed by atoms with Crippen LogP contribution in [0.2, 0.25) is 0 Å². The van der Waals surface area contributed by atoms with E-state index < -0.39 is 0 Å². The number of rotatable bonds is 8. The number of benzene rings is 1. The molecular weight excluding hydrogens is 248 g/mol. The van der Waals surface area contributed by atoms with E-state index in [4.69, 9.17) is 0 Å². The standard InChI is InChI=1S/C16H22N4/c1-3-10-17-16-18-11-14-20(16)13-7-12-19(2)15-8-5-4-6-9-15/h3-6,8-9,11,14H,1,7,10,12-13H2,2H3,(H,17,18). The minimum Gasteiger partial charge on any atom is -0.375 e. The summed E-state index contributed by atoms with van der Waals surface area (Å²) in [7, 11) is 2.13. The molecule has 20 heavy (non-hydrogen) atoms. The van der Waals surface area contributed by atoms with Crippen molar-refractivity contribution in [2.45, 2.75) is 13.0 Å². The number of aromatic nitrogens is 2. The molecule has 2 rings (SSSR count). The van der Waals surface area contributed by atoms with Crippen molar-refractivity contribution in [3.05, 3.63) is 55.4 Å². The second-order valence-electron chi connectivity index (χ2n) is 4.72. The van der Waals surface area contributed by atoms with Gasteiger partial charge in [-0.3, -0.25) is 0 Å². The summed E-state index contributed by atoms with van der Waals surface area (Å²) < 4.78 is 2.14. The number of aryl methyl sites for hydroxylation is 1. The van der Waals surface area contributed by atoms with Crippen LogP contribution in [0.3, 0.4) is 0 Å². The fourth-order valence-corrected chi connectivity index (χ4v) is 2.11. The summed E-state index contributed by atoms with van der Waals surface area (Å²) in [6.45, 7) is 6.41. The van der Waals surface area contributed by atoms with Gasteiger partial charge in [0.1, 0.15) is 0 Å². The van der Waals surface area contributed by atoms with Crippen molar-refractivity contribution >= 4 is 11.6 Å². The summed E-state index contributed by atoms with van der Waals surface area (Å²) in [5, 5.41) is 3.23. The van der Waals surface area contributed by atoms with E-state index in [1.165, 1.54) is 5.69 Å². The lowest BCUT2D eigenvalue weighted by molar-refractivity contribution is 0.642. The van der Waals surface area contributed by atoms with E-state index in [0.717, 1.165) is 32.0 Å². The fourth-order valence-electron chi connectivity index (χ4n) is 2.11. The predicted octanol–water partition coefficient (Wildman–Crippen LogP) is 3.01. The zero-order valence-corrected chi connectivity index (χ0v) is 12.0. The second kappa shape index (κ2) is 7.38. The van der Waals surface area contributed by atoms with E-state index in [0.29, 0.717) is 0 Å². The zero-order chi connectivity index (χ0) is 14.2. The Morgan fingerprint density at radius 2 is 2.15 bits per heavy atom. The van der Waals surface area contributed by atoms with Crippen LogP contribution in [0.4, 0.5) is 11.6 Å². The summed E-state index contributed by atoms with van der Waals surface area (Å²) in [4.78, 5) is 6.57. The average molecular weight is 270 g/mol. The Morgan fingerprint density at radius 3 is 2.90 bits per heavy atom. The van der Waals surface area contributed by atoms with E-state index in [-0.39, 0.29) is 0 Å². The molecule has 0 aliphatic carbocycles. The van der Waals surface area contributed by atoms with E-state index in [9.17, 15) is 0 Å². The molecule has 1 aromatic heterocycles. The van der Waals surface area contributed by atoms with E-state index in [1.807, 2.05) is 24.5 Å². The molecular formula is C16H22N4. The first kappa shape index (κ1) is 14.2. The molecule has 2 aromatic rings. The molecule has 0 fully saturated rings. The van der Waals surface area contributed by atoms with Gasteiger partial charge >= 0.3 is 0 Å². The SMILES string of the molecule is C=CCNc1nccn1CCCN(C)c1ccccc1. The molecule has 4 nitrogen and oxygen atoms in total. The largest absolute Gasteiger partial charge is 0.375 e. The smallest absolute Gasteiger partial charge is 0.203 e. The average Bonchev–Trinajstić information content (AvgIpc) is 2.93. The Kier molecular flexibility index (Phi) is 5.24. The maximum absolute atomic E-state index is 4.30. The topological polar surface area (TPSA) is 33.1 Å². The first-order chi connectivity index (χ1) is 9.81. The Balaban J connectivity index is 1.81. The van der Waals surface area contributed by atoms with Gasteiger partial charge in [0.25, 0.3) is 0 Å². The van der Waals surface area contributed by atoms with Crippen LogP contribution in [-0.4, -0.2) is 29.7 Å². The molecule has 0 unspecified atom stereocenters. The second-order valence-corrected chi connectivity index (χ2v) is 4.72. The molecule has 1 N–H and O–H groups in total. The highest BCUT2D eigenvalue weighted by Gasteiger charge is 2.03. The zero-order valence-electron chi connectivity index (χ0n) is 12.0. The Hall–Kier alpha value is -2.23. The molecule has 0 spiro atoms. The van der Waals surface area contributed by atoms with Gasteiger partial charge in [0.15, 0.2) is 0 Å². The van der Waals surface area contributed by atoms with Gasteiger partial charge in [-0.25, -0.2) is 4.98 Å². The van der Waals surface area contributed by atoms with E-state index >= 15 is 0 Å². The lowest BCUT2D eigenvalue weighted by atomic mass is 10.3. The molecule has 0 bridgehead atoms. The monoisotopic (exact) mass is 270 g/mol. The molecule has 0 atom stereocenters. The highest BCUT2D eigenvalue weighted by Crippen LogP contribution is 2.12. The van der Waals surface area contributed by atoms with Gasteiger partial charge in [0, 0.05) is 44.8 Å². The van der Waals surface area contributed by atoms with Crippen molar-refractivity contribution in [3.63, 3.8) is 0 Å². The van der Waals surface area contributed by atoms with Gasteiger partial charge in [-0.05, 0) is 18.6 Å². The van der Waals surface area contributed by atoms with Crippen LogP contribution in [0, 0.1) is 0 Å². The normalized spacial score (nSPS) is 10.2.